The number of benzene rings is 3. The second-order valence-corrected chi connectivity index (χ2v) is 6.42. The van der Waals surface area contributed by atoms with Crippen molar-refractivity contribution in [3.8, 4) is 11.5 Å². The first kappa shape index (κ1) is 17.6. The van der Waals surface area contributed by atoms with Crippen LogP contribution < -0.4 is 9.47 Å². The van der Waals surface area contributed by atoms with Crippen molar-refractivity contribution in [1.82, 2.24) is 0 Å². The zero-order chi connectivity index (χ0) is 17.5. The van der Waals surface area contributed by atoms with Gasteiger partial charge in [0, 0.05) is 15.7 Å². The molecule has 0 unspecified atom stereocenters. The first-order valence-electron chi connectivity index (χ1n) is 8.09. The van der Waals surface area contributed by atoms with E-state index in [1.165, 1.54) is 0 Å². The van der Waals surface area contributed by atoms with E-state index >= 15 is 0 Å². The van der Waals surface area contributed by atoms with Gasteiger partial charge in [-0.2, -0.15) is 0 Å². The number of hydrogen-bond donors (Lipinski definition) is 2. The van der Waals surface area contributed by atoms with E-state index in [0.717, 1.165) is 26.3 Å². The lowest BCUT2D eigenvalue weighted by molar-refractivity contribution is 0.197. The van der Waals surface area contributed by atoms with Gasteiger partial charge in [-0.25, -0.2) is 0 Å². The van der Waals surface area contributed by atoms with Gasteiger partial charge >= 0.3 is 0 Å². The molecule has 0 saturated heterocycles. The lowest BCUT2D eigenvalue weighted by Crippen LogP contribution is -2.05. The zero-order valence-corrected chi connectivity index (χ0v) is 14.5. The predicted octanol–water partition coefficient (Wildman–Crippen LogP) is 3.73. The molecule has 3 aromatic carbocycles. The molecule has 0 saturated carbocycles. The van der Waals surface area contributed by atoms with Gasteiger partial charge in [0.15, 0.2) is 0 Å². The Morgan fingerprint density at radius 3 is 2.12 bits per heavy atom. The number of aliphatic hydroxyl groups is 2. The molecule has 0 bridgehead atoms. The highest BCUT2D eigenvalue weighted by Gasteiger charge is 2.15. The molecule has 0 aromatic heterocycles. The Bertz CT molecular complexity index is 821. The van der Waals surface area contributed by atoms with Crippen LogP contribution in [0.3, 0.4) is 0 Å². The topological polar surface area (TPSA) is 58.9 Å². The Balaban J connectivity index is 2.10. The predicted molar refractivity (Wildman–Crippen MR) is 99.7 cm³/mol. The molecule has 0 heterocycles. The van der Waals surface area contributed by atoms with E-state index < -0.39 is 0 Å². The molecule has 0 aliphatic carbocycles. The van der Waals surface area contributed by atoms with E-state index in [-0.39, 0.29) is 26.4 Å². The van der Waals surface area contributed by atoms with Gasteiger partial charge in [-0.15, -0.1) is 0 Å². The fourth-order valence-electron chi connectivity index (χ4n) is 2.55. The highest BCUT2D eigenvalue weighted by Crippen LogP contribution is 2.44. The van der Waals surface area contributed by atoms with Gasteiger partial charge in [0.1, 0.15) is 24.7 Å². The molecule has 2 N–H and O–H groups in total. The molecule has 0 fully saturated rings. The van der Waals surface area contributed by atoms with Gasteiger partial charge in [0.2, 0.25) is 0 Å². The number of fused-ring (bicyclic) bond motifs is 1. The number of rotatable bonds is 8. The van der Waals surface area contributed by atoms with Crippen molar-refractivity contribution in [2.24, 2.45) is 0 Å². The molecule has 0 spiro atoms. The van der Waals surface area contributed by atoms with Crippen LogP contribution in [-0.2, 0) is 0 Å². The Morgan fingerprint density at radius 2 is 1.40 bits per heavy atom. The van der Waals surface area contributed by atoms with Crippen molar-refractivity contribution in [1.29, 1.82) is 0 Å². The normalized spacial score (nSPS) is 10.8. The monoisotopic (exact) mass is 356 g/mol. The minimum absolute atomic E-state index is 0.0434. The fraction of sp³-hybridized carbons (Fsp3) is 0.200. The van der Waals surface area contributed by atoms with Crippen molar-refractivity contribution >= 4 is 22.5 Å². The summed E-state index contributed by atoms with van der Waals surface area (Å²) in [5.74, 6) is 1.44. The number of hydrogen-bond acceptors (Lipinski definition) is 5. The highest BCUT2D eigenvalue weighted by molar-refractivity contribution is 7.99. The van der Waals surface area contributed by atoms with E-state index in [0.29, 0.717) is 5.75 Å². The van der Waals surface area contributed by atoms with E-state index in [1.807, 2.05) is 60.7 Å². The zero-order valence-electron chi connectivity index (χ0n) is 13.7. The molecular weight excluding hydrogens is 336 g/mol. The molecule has 5 heteroatoms. The lowest BCUT2D eigenvalue weighted by atomic mass is 10.1. The van der Waals surface area contributed by atoms with E-state index in [9.17, 15) is 0 Å². The second-order valence-electron chi connectivity index (χ2n) is 5.31. The summed E-state index contributed by atoms with van der Waals surface area (Å²) in [7, 11) is 0. The van der Waals surface area contributed by atoms with Crippen molar-refractivity contribution in [2.45, 2.75) is 9.79 Å². The average Bonchev–Trinajstić information content (AvgIpc) is 2.66. The summed E-state index contributed by atoms with van der Waals surface area (Å²) in [5, 5.41) is 20.1. The first-order chi connectivity index (χ1) is 12.3. The Hall–Kier alpha value is -2.21. The third-order valence-corrected chi connectivity index (χ3v) is 4.61. The van der Waals surface area contributed by atoms with Gasteiger partial charge in [-0.05, 0) is 18.2 Å². The van der Waals surface area contributed by atoms with Crippen molar-refractivity contribution in [3.63, 3.8) is 0 Å². The van der Waals surface area contributed by atoms with Crippen LogP contribution in [0.15, 0.2) is 70.5 Å². The minimum atomic E-state index is -0.0491. The smallest absolute Gasteiger partial charge is 0.141 e. The molecule has 0 aliphatic rings. The van der Waals surface area contributed by atoms with Gasteiger partial charge in [-0.1, -0.05) is 54.2 Å². The van der Waals surface area contributed by atoms with Crippen LogP contribution in [0.1, 0.15) is 0 Å². The van der Waals surface area contributed by atoms with Crippen LogP contribution in [0, 0.1) is 0 Å². The maximum absolute atomic E-state index is 9.17. The van der Waals surface area contributed by atoms with E-state index in [4.69, 9.17) is 19.7 Å². The van der Waals surface area contributed by atoms with Gasteiger partial charge < -0.3 is 19.7 Å². The Labute approximate surface area is 151 Å². The fourth-order valence-corrected chi connectivity index (χ4v) is 3.53. The first-order valence-corrected chi connectivity index (χ1v) is 8.91. The Morgan fingerprint density at radius 1 is 0.760 bits per heavy atom. The standard InChI is InChI=1S/C20H20O4S/c21-10-12-23-18-14-19(25-15-6-2-1-3-7-15)20(24-13-11-22)17-9-5-4-8-16(17)18/h1-9,14,21-22H,10-13H2. The summed E-state index contributed by atoms with van der Waals surface area (Å²) in [5.41, 5.74) is 0. The number of ether oxygens (including phenoxy) is 2. The molecule has 0 atom stereocenters. The SMILES string of the molecule is OCCOc1cc(Sc2ccccc2)c(OCCO)c2ccccc12. The maximum Gasteiger partial charge on any atom is 0.141 e. The summed E-state index contributed by atoms with van der Waals surface area (Å²) < 4.78 is 11.6. The van der Waals surface area contributed by atoms with Gasteiger partial charge in [0.25, 0.3) is 0 Å². The van der Waals surface area contributed by atoms with Crippen LogP contribution in [0.2, 0.25) is 0 Å². The molecule has 4 nitrogen and oxygen atoms in total. The van der Waals surface area contributed by atoms with E-state index in [2.05, 4.69) is 0 Å². The average molecular weight is 356 g/mol. The highest BCUT2D eigenvalue weighted by atomic mass is 32.2. The number of aliphatic hydroxyl groups excluding tert-OH is 2. The summed E-state index contributed by atoms with van der Waals surface area (Å²) in [6.07, 6.45) is 0. The third-order valence-electron chi connectivity index (χ3n) is 3.58. The van der Waals surface area contributed by atoms with Crippen LogP contribution >= 0.6 is 11.8 Å². The minimum Gasteiger partial charge on any atom is -0.491 e. The van der Waals surface area contributed by atoms with E-state index in [1.54, 1.807) is 11.8 Å². The van der Waals surface area contributed by atoms with Gasteiger partial charge in [-0.3, -0.25) is 0 Å². The molecule has 3 aromatic rings. The van der Waals surface area contributed by atoms with Crippen LogP contribution in [0.25, 0.3) is 10.8 Å². The van der Waals surface area contributed by atoms with Gasteiger partial charge in [0.05, 0.1) is 18.1 Å². The lowest BCUT2D eigenvalue weighted by Gasteiger charge is -2.17. The van der Waals surface area contributed by atoms with Crippen molar-refractivity contribution in [2.75, 3.05) is 26.4 Å². The molecule has 3 rings (SSSR count). The van der Waals surface area contributed by atoms with Crippen LogP contribution in [0.5, 0.6) is 11.5 Å². The summed E-state index contributed by atoms with van der Waals surface area (Å²) in [6, 6.07) is 19.8. The van der Waals surface area contributed by atoms with Crippen LogP contribution in [0.4, 0.5) is 0 Å². The summed E-state index contributed by atoms with van der Waals surface area (Å²) in [4.78, 5) is 1.99. The molecule has 25 heavy (non-hydrogen) atoms. The quantitative estimate of drug-likeness (QED) is 0.644. The maximum atomic E-state index is 9.17. The summed E-state index contributed by atoms with van der Waals surface area (Å²) in [6.45, 7) is 0.365. The van der Waals surface area contributed by atoms with Crippen molar-refractivity contribution in [3.05, 3.63) is 60.7 Å². The molecular formula is C20H20O4S. The molecule has 0 radical (unpaired) electrons. The largest absolute Gasteiger partial charge is 0.491 e. The summed E-state index contributed by atoms with van der Waals surface area (Å²) >= 11 is 1.58. The molecule has 130 valence electrons. The third kappa shape index (κ3) is 4.25. The Kier molecular flexibility index (Phi) is 6.17. The molecule has 0 amide bonds. The molecule has 0 aliphatic heterocycles. The van der Waals surface area contributed by atoms with Crippen LogP contribution in [-0.4, -0.2) is 36.6 Å². The second kappa shape index (κ2) is 8.76. The van der Waals surface area contributed by atoms with Crippen molar-refractivity contribution < 1.29 is 19.7 Å².